The van der Waals surface area contributed by atoms with Crippen molar-refractivity contribution in [3.8, 4) is 11.5 Å². The molecule has 0 aliphatic carbocycles. The Hall–Kier alpha value is -2.03. The summed E-state index contributed by atoms with van der Waals surface area (Å²) in [5.74, 6) is 0.419. The number of nitrogens with one attached hydrogen (secondary N) is 1. The molecular weight excluding hydrogens is 442 g/mol. The third-order valence-electron chi connectivity index (χ3n) is 5.64. The van der Waals surface area contributed by atoms with E-state index in [1.54, 1.807) is 31.2 Å². The molecule has 0 unspecified atom stereocenters. The summed E-state index contributed by atoms with van der Waals surface area (Å²) in [6.07, 6.45) is -11.9. The molecule has 0 spiro atoms. The van der Waals surface area contributed by atoms with Gasteiger partial charge in [-0.25, -0.2) is 0 Å². The first-order chi connectivity index (χ1) is 15.7. The summed E-state index contributed by atoms with van der Waals surface area (Å²) in [6, 6.07) is 5.29. The molecule has 186 valence electrons. The fourth-order valence-corrected chi connectivity index (χ4v) is 3.77. The first-order valence-electron chi connectivity index (χ1n) is 10.5. The predicted octanol–water partition coefficient (Wildman–Crippen LogP) is -2.13. The quantitative estimate of drug-likeness (QED) is 0.255. The van der Waals surface area contributed by atoms with Crippen LogP contribution in [0.15, 0.2) is 24.3 Å². The molecule has 2 saturated heterocycles. The van der Waals surface area contributed by atoms with Gasteiger partial charge in [0, 0.05) is 6.92 Å². The number of benzene rings is 1. The van der Waals surface area contributed by atoms with Gasteiger partial charge >= 0.3 is 0 Å². The number of aliphatic hydroxyl groups excluding tert-OH is 5. The maximum absolute atomic E-state index is 11.7. The second-order valence-corrected chi connectivity index (χ2v) is 8.02. The van der Waals surface area contributed by atoms with Crippen molar-refractivity contribution in [2.24, 2.45) is 0 Å². The number of carbonyl (C=O) groups is 1. The van der Waals surface area contributed by atoms with Gasteiger partial charge in [0.1, 0.15) is 48.1 Å². The predicted molar refractivity (Wildman–Crippen MR) is 110 cm³/mol. The van der Waals surface area contributed by atoms with Crippen molar-refractivity contribution in [3.05, 3.63) is 24.3 Å². The van der Waals surface area contributed by atoms with Crippen LogP contribution in [-0.2, 0) is 19.0 Å². The van der Waals surface area contributed by atoms with E-state index in [0.717, 1.165) is 0 Å². The number of amides is 1. The van der Waals surface area contributed by atoms with Crippen LogP contribution in [0.3, 0.4) is 0 Å². The molecule has 2 aliphatic rings. The van der Waals surface area contributed by atoms with Gasteiger partial charge in [-0.2, -0.15) is 0 Å². The number of methoxy groups -OCH3 is 1. The third-order valence-corrected chi connectivity index (χ3v) is 5.64. The summed E-state index contributed by atoms with van der Waals surface area (Å²) < 4.78 is 28.1. The van der Waals surface area contributed by atoms with Crippen molar-refractivity contribution < 1.29 is 54.0 Å². The molecule has 3 rings (SSSR count). The first kappa shape index (κ1) is 25.6. The standard InChI is InChI=1S/C21H31NO11/c1-9-15(25)18(28)19(21(30-9)31-12-6-4-11(29-3)5-7-12)33-20-14(22-10(2)24)17(27)16(26)13(8-23)32-20/h4-7,9,13-21,23,25-28H,8H2,1-3H3,(H,22,24)/t9-,13+,14+,15+,16-,17+,18+,19-,20-,21-/m0/s1. The van der Waals surface area contributed by atoms with E-state index in [4.69, 9.17) is 23.7 Å². The Morgan fingerprint density at radius 3 is 2.18 bits per heavy atom. The number of rotatable bonds is 7. The molecule has 2 heterocycles. The lowest BCUT2D eigenvalue weighted by molar-refractivity contribution is -0.340. The molecule has 10 atom stereocenters. The number of hydrogen-bond donors (Lipinski definition) is 6. The average Bonchev–Trinajstić information content (AvgIpc) is 2.79. The van der Waals surface area contributed by atoms with Gasteiger partial charge in [-0.1, -0.05) is 0 Å². The number of aliphatic hydroxyl groups is 5. The molecular formula is C21H31NO11. The van der Waals surface area contributed by atoms with Crippen molar-refractivity contribution in [2.75, 3.05) is 13.7 Å². The second-order valence-electron chi connectivity index (χ2n) is 8.02. The van der Waals surface area contributed by atoms with Crippen molar-refractivity contribution in [3.63, 3.8) is 0 Å². The van der Waals surface area contributed by atoms with Crippen LogP contribution < -0.4 is 14.8 Å². The minimum Gasteiger partial charge on any atom is -0.497 e. The third kappa shape index (κ3) is 5.73. The average molecular weight is 473 g/mol. The highest BCUT2D eigenvalue weighted by molar-refractivity contribution is 5.73. The zero-order chi connectivity index (χ0) is 24.3. The molecule has 1 aromatic carbocycles. The normalized spacial score (nSPS) is 39.0. The topological polar surface area (TPSA) is 176 Å². The molecule has 33 heavy (non-hydrogen) atoms. The van der Waals surface area contributed by atoms with E-state index in [1.807, 2.05) is 0 Å². The Balaban J connectivity index is 1.85. The molecule has 0 radical (unpaired) electrons. The van der Waals surface area contributed by atoms with Crippen LogP contribution in [-0.4, -0.2) is 107 Å². The van der Waals surface area contributed by atoms with E-state index in [1.165, 1.54) is 14.0 Å². The lowest BCUT2D eigenvalue weighted by Gasteiger charge is -2.46. The van der Waals surface area contributed by atoms with E-state index < -0.39 is 73.9 Å². The molecule has 2 aliphatic heterocycles. The molecule has 1 aromatic rings. The molecule has 12 heteroatoms. The van der Waals surface area contributed by atoms with Crippen LogP contribution in [0.5, 0.6) is 11.5 Å². The van der Waals surface area contributed by atoms with Gasteiger partial charge in [-0.15, -0.1) is 0 Å². The summed E-state index contributed by atoms with van der Waals surface area (Å²) in [5, 5.41) is 53.6. The second kappa shape index (κ2) is 10.9. The van der Waals surface area contributed by atoms with Crippen molar-refractivity contribution >= 4 is 5.91 Å². The maximum atomic E-state index is 11.7. The van der Waals surface area contributed by atoms with Gasteiger partial charge in [0.2, 0.25) is 12.2 Å². The highest BCUT2D eigenvalue weighted by atomic mass is 16.7. The van der Waals surface area contributed by atoms with Crippen LogP contribution in [0.4, 0.5) is 0 Å². The molecule has 0 saturated carbocycles. The van der Waals surface area contributed by atoms with E-state index in [2.05, 4.69) is 5.32 Å². The van der Waals surface area contributed by atoms with Gasteiger partial charge in [0.15, 0.2) is 12.4 Å². The highest BCUT2D eigenvalue weighted by Crippen LogP contribution is 2.31. The Morgan fingerprint density at radius 1 is 0.970 bits per heavy atom. The Bertz CT molecular complexity index is 778. The molecule has 6 N–H and O–H groups in total. The minimum absolute atomic E-state index is 0.358. The van der Waals surface area contributed by atoms with E-state index in [9.17, 15) is 30.3 Å². The van der Waals surface area contributed by atoms with Crippen LogP contribution >= 0.6 is 0 Å². The van der Waals surface area contributed by atoms with Crippen LogP contribution in [0.25, 0.3) is 0 Å². The van der Waals surface area contributed by atoms with Crippen molar-refractivity contribution in [1.82, 2.24) is 5.32 Å². The Morgan fingerprint density at radius 2 is 1.61 bits per heavy atom. The number of carbonyl (C=O) groups excluding carboxylic acids is 1. The summed E-state index contributed by atoms with van der Waals surface area (Å²) in [6.45, 7) is 2.11. The molecule has 2 fully saturated rings. The number of ether oxygens (including phenoxy) is 5. The molecule has 12 nitrogen and oxygen atoms in total. The summed E-state index contributed by atoms with van der Waals surface area (Å²) in [7, 11) is 1.52. The SMILES string of the molecule is COc1ccc(O[C@@H]2O[C@@H](C)[C@@H](O)[C@@H](O)[C@@H]2O[C@@H]2O[C@H](CO)[C@H](O)[C@H](O)[C@H]2NC(C)=O)cc1. The van der Waals surface area contributed by atoms with E-state index in [0.29, 0.717) is 11.5 Å². The zero-order valence-corrected chi connectivity index (χ0v) is 18.5. The van der Waals surface area contributed by atoms with E-state index >= 15 is 0 Å². The van der Waals surface area contributed by atoms with Crippen LogP contribution in [0.2, 0.25) is 0 Å². The number of hydrogen-bond acceptors (Lipinski definition) is 11. The minimum atomic E-state index is -1.55. The Kier molecular flexibility index (Phi) is 8.48. The van der Waals surface area contributed by atoms with Crippen LogP contribution in [0, 0.1) is 0 Å². The van der Waals surface area contributed by atoms with E-state index in [-0.39, 0.29) is 0 Å². The lowest BCUT2D eigenvalue weighted by Crippen LogP contribution is -2.67. The smallest absolute Gasteiger partial charge is 0.229 e. The summed E-state index contributed by atoms with van der Waals surface area (Å²) >= 11 is 0. The maximum Gasteiger partial charge on any atom is 0.229 e. The van der Waals surface area contributed by atoms with Crippen molar-refractivity contribution in [2.45, 2.75) is 75.2 Å². The molecule has 0 bridgehead atoms. The van der Waals surface area contributed by atoms with Gasteiger partial charge < -0.3 is 54.5 Å². The highest BCUT2D eigenvalue weighted by Gasteiger charge is 2.51. The van der Waals surface area contributed by atoms with Gasteiger partial charge in [0.25, 0.3) is 0 Å². The fourth-order valence-electron chi connectivity index (χ4n) is 3.77. The Labute approximate surface area is 190 Å². The first-order valence-corrected chi connectivity index (χ1v) is 10.5. The summed E-state index contributed by atoms with van der Waals surface area (Å²) in [5.41, 5.74) is 0. The van der Waals surface area contributed by atoms with Gasteiger partial charge in [-0.3, -0.25) is 4.79 Å². The largest absolute Gasteiger partial charge is 0.497 e. The monoisotopic (exact) mass is 473 g/mol. The molecule has 0 aromatic heterocycles. The van der Waals surface area contributed by atoms with Gasteiger partial charge in [0.05, 0.1) is 19.8 Å². The van der Waals surface area contributed by atoms with Gasteiger partial charge in [-0.05, 0) is 31.2 Å². The lowest BCUT2D eigenvalue weighted by atomic mass is 9.96. The fraction of sp³-hybridized carbons (Fsp3) is 0.667. The van der Waals surface area contributed by atoms with Crippen molar-refractivity contribution in [1.29, 1.82) is 0 Å². The zero-order valence-electron chi connectivity index (χ0n) is 18.5. The summed E-state index contributed by atoms with van der Waals surface area (Å²) in [4.78, 5) is 11.7. The molecule has 1 amide bonds. The van der Waals surface area contributed by atoms with Crippen LogP contribution in [0.1, 0.15) is 13.8 Å².